The second-order valence-electron chi connectivity index (χ2n) is 10.7. The van der Waals surface area contributed by atoms with Crippen LogP contribution in [0.2, 0.25) is 5.02 Å². The number of halogens is 1. The number of hydrogen-bond donors (Lipinski definition) is 1. The molecule has 0 aromatic heterocycles. The minimum atomic E-state index is -0.0823. The monoisotopic (exact) mass is 503 g/mol. The first-order chi connectivity index (χ1) is 16.9. The molecule has 8 heteroatoms. The van der Waals surface area contributed by atoms with Crippen molar-refractivity contribution >= 4 is 35.4 Å². The third-order valence-corrected chi connectivity index (χ3v) is 8.76. The number of nitrogens with one attached hydrogen (secondary N) is 1. The smallest absolute Gasteiger partial charge is 0.255 e. The van der Waals surface area contributed by atoms with E-state index in [1.165, 1.54) is 32.1 Å². The van der Waals surface area contributed by atoms with E-state index in [-0.39, 0.29) is 17.7 Å². The molecular formula is C27H40ClN4O3+. The van der Waals surface area contributed by atoms with Crippen LogP contribution in [0, 0.1) is 11.8 Å². The van der Waals surface area contributed by atoms with Crippen LogP contribution in [-0.4, -0.2) is 91.8 Å². The molecule has 1 N–H and O–H groups in total. The van der Waals surface area contributed by atoms with Crippen LogP contribution in [-0.2, 0) is 9.59 Å². The van der Waals surface area contributed by atoms with Gasteiger partial charge in [-0.25, -0.2) is 0 Å². The molecule has 0 spiro atoms. The molecule has 1 aromatic rings. The molecule has 1 aliphatic carbocycles. The normalized spacial score (nSPS) is 25.8. The lowest BCUT2D eigenvalue weighted by atomic mass is 9.86. The lowest BCUT2D eigenvalue weighted by Gasteiger charge is -2.45. The van der Waals surface area contributed by atoms with Crippen LogP contribution in [0.25, 0.3) is 0 Å². The van der Waals surface area contributed by atoms with Crippen molar-refractivity contribution in [2.75, 3.05) is 64.7 Å². The first-order valence-electron chi connectivity index (χ1n) is 13.3. The zero-order chi connectivity index (χ0) is 24.8. The van der Waals surface area contributed by atoms with E-state index >= 15 is 0 Å². The predicted octanol–water partition coefficient (Wildman–Crippen LogP) is 3.67. The third-order valence-electron chi connectivity index (χ3n) is 8.45. The molecule has 2 amide bonds. The van der Waals surface area contributed by atoms with Gasteiger partial charge in [0.05, 0.1) is 30.2 Å². The standard InChI is InChI=1S/C27H39ClN4O3/c1-29-23-7-8-24(25(28)19-23)27(35)31-13-11-30(12-14-31)26(34)22-9-15-32(16-10-22,17-18-33)20-21-5-3-2-4-6-21/h7-8,18-19,21-22H,2-6,9-17,20H2,1H3/p+1. The van der Waals surface area contributed by atoms with Crippen LogP contribution < -0.4 is 5.32 Å². The van der Waals surface area contributed by atoms with Gasteiger partial charge in [-0.3, -0.25) is 14.4 Å². The molecule has 35 heavy (non-hydrogen) atoms. The number of carbonyl (C=O) groups is 3. The molecule has 0 unspecified atom stereocenters. The summed E-state index contributed by atoms with van der Waals surface area (Å²) in [6.45, 7) is 5.68. The lowest BCUT2D eigenvalue weighted by molar-refractivity contribution is -0.928. The Bertz CT molecular complexity index is 902. The van der Waals surface area contributed by atoms with Gasteiger partial charge in [-0.05, 0) is 31.0 Å². The van der Waals surface area contributed by atoms with Gasteiger partial charge in [0.15, 0.2) is 6.29 Å². The van der Waals surface area contributed by atoms with E-state index in [4.69, 9.17) is 11.6 Å². The number of piperazine rings is 1. The fraction of sp³-hybridized carbons (Fsp3) is 0.667. The summed E-state index contributed by atoms with van der Waals surface area (Å²) in [5.74, 6) is 0.894. The fourth-order valence-electron chi connectivity index (χ4n) is 6.28. The number of likely N-dealkylation sites (tertiary alicyclic amines) is 1. The Hall–Kier alpha value is -2.12. The molecule has 1 saturated carbocycles. The summed E-state index contributed by atoms with van der Waals surface area (Å²) in [5.41, 5.74) is 1.36. The lowest BCUT2D eigenvalue weighted by Crippen LogP contribution is -2.58. The van der Waals surface area contributed by atoms with Crippen molar-refractivity contribution in [1.82, 2.24) is 9.80 Å². The van der Waals surface area contributed by atoms with Gasteiger partial charge in [-0.2, -0.15) is 0 Å². The highest BCUT2D eigenvalue weighted by Crippen LogP contribution is 2.31. The quantitative estimate of drug-likeness (QED) is 0.455. The van der Waals surface area contributed by atoms with Crippen molar-refractivity contribution in [3.8, 4) is 0 Å². The number of hydrogen-bond acceptors (Lipinski definition) is 4. The van der Waals surface area contributed by atoms with Crippen LogP contribution >= 0.6 is 11.6 Å². The van der Waals surface area contributed by atoms with E-state index in [2.05, 4.69) is 5.32 Å². The maximum Gasteiger partial charge on any atom is 0.255 e. The minimum Gasteiger partial charge on any atom is -0.388 e. The Labute approximate surface area is 214 Å². The molecule has 3 aliphatic rings. The average Bonchev–Trinajstić information content (AvgIpc) is 2.89. The van der Waals surface area contributed by atoms with Crippen molar-refractivity contribution in [1.29, 1.82) is 0 Å². The number of anilines is 1. The van der Waals surface area contributed by atoms with Crippen molar-refractivity contribution in [3.05, 3.63) is 28.8 Å². The van der Waals surface area contributed by atoms with E-state index in [9.17, 15) is 14.4 Å². The molecule has 2 saturated heterocycles. The summed E-state index contributed by atoms with van der Waals surface area (Å²) in [6, 6.07) is 5.36. The summed E-state index contributed by atoms with van der Waals surface area (Å²) >= 11 is 6.33. The number of benzene rings is 1. The van der Waals surface area contributed by atoms with Crippen molar-refractivity contribution in [2.45, 2.75) is 44.9 Å². The first-order valence-corrected chi connectivity index (χ1v) is 13.7. The first kappa shape index (κ1) is 26.0. The molecule has 7 nitrogen and oxygen atoms in total. The summed E-state index contributed by atoms with van der Waals surface area (Å²) in [5, 5.41) is 3.46. The van der Waals surface area contributed by atoms with E-state index in [1.54, 1.807) is 17.0 Å². The van der Waals surface area contributed by atoms with Gasteiger partial charge in [0, 0.05) is 63.6 Å². The summed E-state index contributed by atoms with van der Waals surface area (Å²) in [7, 11) is 1.81. The maximum absolute atomic E-state index is 13.3. The summed E-state index contributed by atoms with van der Waals surface area (Å²) in [6.07, 6.45) is 9.33. The molecule has 2 heterocycles. The van der Waals surface area contributed by atoms with E-state index in [1.807, 2.05) is 18.0 Å². The highest BCUT2D eigenvalue weighted by molar-refractivity contribution is 6.34. The van der Waals surface area contributed by atoms with E-state index < -0.39 is 0 Å². The van der Waals surface area contributed by atoms with Gasteiger partial charge in [0.1, 0.15) is 6.54 Å². The van der Waals surface area contributed by atoms with E-state index in [0.29, 0.717) is 43.3 Å². The number of rotatable bonds is 7. The van der Waals surface area contributed by atoms with Gasteiger partial charge >= 0.3 is 0 Å². The number of piperidine rings is 1. The van der Waals surface area contributed by atoms with Crippen molar-refractivity contribution in [2.24, 2.45) is 11.8 Å². The largest absolute Gasteiger partial charge is 0.388 e. The highest BCUT2D eigenvalue weighted by atomic mass is 35.5. The summed E-state index contributed by atoms with van der Waals surface area (Å²) < 4.78 is 0.868. The molecule has 3 fully saturated rings. The Balaban J connectivity index is 1.28. The summed E-state index contributed by atoms with van der Waals surface area (Å²) in [4.78, 5) is 41.5. The van der Waals surface area contributed by atoms with Crippen molar-refractivity contribution in [3.63, 3.8) is 0 Å². The SMILES string of the molecule is CNc1ccc(C(=O)N2CCN(C(=O)C3CC[N+](CC=O)(CC4CCCCC4)CC3)CC2)c(Cl)c1. The minimum absolute atomic E-state index is 0.0324. The molecule has 2 aliphatic heterocycles. The average molecular weight is 504 g/mol. The molecule has 0 radical (unpaired) electrons. The highest BCUT2D eigenvalue weighted by Gasteiger charge is 2.40. The van der Waals surface area contributed by atoms with Crippen LogP contribution in [0.1, 0.15) is 55.3 Å². The number of nitrogens with zero attached hydrogens (tertiary/aromatic N) is 3. The Kier molecular flexibility index (Phi) is 8.71. The number of amides is 2. The molecular weight excluding hydrogens is 464 g/mol. The topological polar surface area (TPSA) is 69.7 Å². The second kappa shape index (κ2) is 11.7. The maximum atomic E-state index is 13.3. The Morgan fingerprint density at radius 2 is 1.69 bits per heavy atom. The van der Waals surface area contributed by atoms with Gasteiger partial charge in [0.25, 0.3) is 5.91 Å². The zero-order valence-electron chi connectivity index (χ0n) is 21.0. The van der Waals surface area contributed by atoms with Crippen LogP contribution in [0.15, 0.2) is 18.2 Å². The molecule has 0 atom stereocenters. The Morgan fingerprint density at radius 3 is 2.29 bits per heavy atom. The number of aldehydes is 1. The molecule has 1 aromatic carbocycles. The zero-order valence-corrected chi connectivity index (χ0v) is 21.8. The van der Waals surface area contributed by atoms with Gasteiger partial charge in [0.2, 0.25) is 5.91 Å². The fourth-order valence-corrected chi connectivity index (χ4v) is 6.54. The third kappa shape index (κ3) is 6.18. The molecule has 4 rings (SSSR count). The molecule has 192 valence electrons. The van der Waals surface area contributed by atoms with Gasteiger partial charge < -0.3 is 19.6 Å². The van der Waals surface area contributed by atoms with Crippen LogP contribution in [0.3, 0.4) is 0 Å². The predicted molar refractivity (Wildman–Crippen MR) is 139 cm³/mol. The number of quaternary nitrogens is 1. The second-order valence-corrected chi connectivity index (χ2v) is 11.1. The Morgan fingerprint density at radius 1 is 1.03 bits per heavy atom. The van der Waals surface area contributed by atoms with E-state index in [0.717, 1.165) is 54.9 Å². The van der Waals surface area contributed by atoms with Crippen LogP contribution in [0.5, 0.6) is 0 Å². The number of carbonyl (C=O) groups excluding carboxylic acids is 3. The van der Waals surface area contributed by atoms with Gasteiger partial charge in [-0.15, -0.1) is 0 Å². The van der Waals surface area contributed by atoms with Crippen molar-refractivity contribution < 1.29 is 18.9 Å². The molecule has 0 bridgehead atoms. The van der Waals surface area contributed by atoms with Gasteiger partial charge in [-0.1, -0.05) is 30.9 Å². The van der Waals surface area contributed by atoms with Crippen LogP contribution in [0.4, 0.5) is 5.69 Å².